The second-order valence-corrected chi connectivity index (χ2v) is 9.98. The quantitative estimate of drug-likeness (QED) is 0.431. The van der Waals surface area contributed by atoms with Gasteiger partial charge in [-0.1, -0.05) is 6.92 Å². The summed E-state index contributed by atoms with van der Waals surface area (Å²) in [5.41, 5.74) is 0. The van der Waals surface area contributed by atoms with E-state index in [1.807, 2.05) is 27.7 Å². The summed E-state index contributed by atoms with van der Waals surface area (Å²) >= 11 is 0. The Morgan fingerprint density at radius 3 is 2.27 bits per heavy atom. The lowest BCUT2D eigenvalue weighted by molar-refractivity contribution is -0.935. The van der Waals surface area contributed by atoms with E-state index in [0.29, 0.717) is 13.2 Å². The van der Waals surface area contributed by atoms with Gasteiger partial charge in [0.25, 0.3) is 0 Å². The van der Waals surface area contributed by atoms with Gasteiger partial charge in [-0.15, -0.1) is 0 Å². The van der Waals surface area contributed by atoms with Crippen molar-refractivity contribution in [2.24, 2.45) is 0 Å². The van der Waals surface area contributed by atoms with E-state index in [4.69, 9.17) is 33.2 Å². The topological polar surface area (TPSA) is 64.6 Å². The zero-order valence-electron chi connectivity index (χ0n) is 19.3. The molecule has 4 rings (SSSR count). The second-order valence-electron chi connectivity index (χ2n) is 9.98. The first kappa shape index (κ1) is 22.9. The van der Waals surface area contributed by atoms with E-state index in [2.05, 4.69) is 6.92 Å². The van der Waals surface area contributed by atoms with Crippen LogP contribution in [-0.4, -0.2) is 99.4 Å². The standard InChI is InChI=1S/C22H40NO7/c1-6-8-23(10-13-24-14-11-23)9-7-12-25-15-16-17-18(28-21(2,3)27-17)19-20(26-16)30-22(4,5)29-19/h16-20H,6-15H2,1-5H3/q+1. The fourth-order valence-corrected chi connectivity index (χ4v) is 5.29. The Bertz CT molecular complexity index is 572. The maximum Gasteiger partial charge on any atom is 0.190 e. The fourth-order valence-electron chi connectivity index (χ4n) is 5.29. The molecule has 5 atom stereocenters. The highest BCUT2D eigenvalue weighted by molar-refractivity contribution is 5.00. The summed E-state index contributed by atoms with van der Waals surface area (Å²) in [6.07, 6.45) is 0.799. The monoisotopic (exact) mass is 430 g/mol. The van der Waals surface area contributed by atoms with E-state index >= 15 is 0 Å². The molecule has 174 valence electrons. The lowest BCUT2D eigenvalue weighted by atomic mass is 9.99. The van der Waals surface area contributed by atoms with Gasteiger partial charge in [0, 0.05) is 6.42 Å². The molecule has 8 heteroatoms. The molecular weight excluding hydrogens is 390 g/mol. The van der Waals surface area contributed by atoms with E-state index in [9.17, 15) is 0 Å². The summed E-state index contributed by atoms with van der Waals surface area (Å²) in [7, 11) is 0. The average molecular weight is 431 g/mol. The molecule has 5 unspecified atom stereocenters. The summed E-state index contributed by atoms with van der Waals surface area (Å²) in [6.45, 7) is 17.4. The largest absolute Gasteiger partial charge is 0.378 e. The third-order valence-electron chi connectivity index (χ3n) is 6.57. The third-order valence-corrected chi connectivity index (χ3v) is 6.57. The molecule has 4 aliphatic heterocycles. The number of ether oxygens (including phenoxy) is 7. The molecule has 0 aromatic heterocycles. The minimum absolute atomic E-state index is 0.221. The lowest BCUT2D eigenvalue weighted by Gasteiger charge is -2.41. The Morgan fingerprint density at radius 2 is 1.53 bits per heavy atom. The van der Waals surface area contributed by atoms with E-state index < -0.39 is 17.9 Å². The number of nitrogens with zero attached hydrogens (tertiary/aromatic N) is 1. The van der Waals surface area contributed by atoms with Crippen LogP contribution in [0.2, 0.25) is 0 Å². The van der Waals surface area contributed by atoms with Crippen molar-refractivity contribution < 1.29 is 37.6 Å². The first-order valence-electron chi connectivity index (χ1n) is 11.6. The number of morpholine rings is 1. The van der Waals surface area contributed by atoms with E-state index in [-0.39, 0.29) is 24.4 Å². The summed E-state index contributed by atoms with van der Waals surface area (Å²) in [4.78, 5) is 0. The SMILES string of the molecule is CCC[N+]1(CCCOCC2OC3OC(C)(C)OC3C3OC(C)(C)OC23)CCOCC1. The summed E-state index contributed by atoms with van der Waals surface area (Å²) in [5.74, 6) is -1.37. The van der Waals surface area contributed by atoms with Gasteiger partial charge >= 0.3 is 0 Å². The predicted octanol–water partition coefficient (Wildman–Crippen LogP) is 2.05. The van der Waals surface area contributed by atoms with Gasteiger partial charge in [-0.2, -0.15) is 0 Å². The van der Waals surface area contributed by atoms with Crippen molar-refractivity contribution in [1.82, 2.24) is 0 Å². The highest BCUT2D eigenvalue weighted by Gasteiger charge is 2.60. The van der Waals surface area contributed by atoms with Crippen molar-refractivity contribution in [1.29, 1.82) is 0 Å². The van der Waals surface area contributed by atoms with Gasteiger partial charge in [0.1, 0.15) is 37.5 Å². The van der Waals surface area contributed by atoms with Crippen LogP contribution in [0.15, 0.2) is 0 Å². The Morgan fingerprint density at radius 1 is 0.867 bits per heavy atom. The van der Waals surface area contributed by atoms with Gasteiger partial charge in [-0.3, -0.25) is 0 Å². The number of hydrogen-bond acceptors (Lipinski definition) is 7. The lowest BCUT2D eigenvalue weighted by Crippen LogP contribution is -2.56. The predicted molar refractivity (Wildman–Crippen MR) is 109 cm³/mol. The third kappa shape index (κ3) is 5.02. The zero-order valence-corrected chi connectivity index (χ0v) is 19.3. The molecule has 0 N–H and O–H groups in total. The molecule has 4 aliphatic rings. The molecule has 4 heterocycles. The van der Waals surface area contributed by atoms with Crippen LogP contribution in [0, 0.1) is 0 Å². The summed E-state index contributed by atoms with van der Waals surface area (Å²) in [6, 6.07) is 0. The van der Waals surface area contributed by atoms with Gasteiger partial charge < -0.3 is 37.6 Å². The van der Waals surface area contributed by atoms with Crippen molar-refractivity contribution in [2.75, 3.05) is 52.6 Å². The first-order chi connectivity index (χ1) is 14.2. The number of fused-ring (bicyclic) bond motifs is 3. The normalized spacial score (nSPS) is 38.9. The summed E-state index contributed by atoms with van der Waals surface area (Å²) < 4.78 is 43.3. The molecule has 4 saturated heterocycles. The zero-order chi connectivity index (χ0) is 21.4. The van der Waals surface area contributed by atoms with Crippen LogP contribution < -0.4 is 0 Å². The van der Waals surface area contributed by atoms with Crippen LogP contribution in [-0.2, 0) is 33.2 Å². The van der Waals surface area contributed by atoms with Crippen molar-refractivity contribution in [3.63, 3.8) is 0 Å². The van der Waals surface area contributed by atoms with Gasteiger partial charge in [0.15, 0.2) is 17.9 Å². The number of quaternary nitrogens is 1. The van der Waals surface area contributed by atoms with Crippen molar-refractivity contribution in [2.45, 2.75) is 89.7 Å². The Labute approximate surface area is 180 Å². The molecule has 0 bridgehead atoms. The molecule has 0 aromatic rings. The molecule has 0 saturated carbocycles. The van der Waals surface area contributed by atoms with Crippen LogP contribution in [0.3, 0.4) is 0 Å². The summed E-state index contributed by atoms with van der Waals surface area (Å²) in [5, 5.41) is 0. The molecule has 0 aromatic carbocycles. The maximum atomic E-state index is 6.21. The number of rotatable bonds is 8. The molecule has 30 heavy (non-hydrogen) atoms. The molecule has 4 fully saturated rings. The van der Waals surface area contributed by atoms with Crippen molar-refractivity contribution in [3.8, 4) is 0 Å². The molecule has 0 radical (unpaired) electrons. The Kier molecular flexibility index (Phi) is 6.78. The van der Waals surface area contributed by atoms with Gasteiger partial charge in [-0.25, -0.2) is 0 Å². The molecule has 0 aliphatic carbocycles. The van der Waals surface area contributed by atoms with Crippen molar-refractivity contribution >= 4 is 0 Å². The average Bonchev–Trinajstić information content (AvgIpc) is 3.16. The van der Waals surface area contributed by atoms with E-state index in [1.54, 1.807) is 0 Å². The van der Waals surface area contributed by atoms with Gasteiger partial charge in [-0.05, 0) is 34.1 Å². The van der Waals surface area contributed by atoms with Crippen LogP contribution in [0.25, 0.3) is 0 Å². The second kappa shape index (κ2) is 8.90. The van der Waals surface area contributed by atoms with Crippen molar-refractivity contribution in [3.05, 3.63) is 0 Å². The highest BCUT2D eigenvalue weighted by atomic mass is 16.9. The maximum absolute atomic E-state index is 6.21. The number of hydrogen-bond donors (Lipinski definition) is 0. The van der Waals surface area contributed by atoms with Gasteiger partial charge in [0.2, 0.25) is 0 Å². The molecule has 8 nitrogen and oxygen atoms in total. The van der Waals surface area contributed by atoms with E-state index in [1.165, 1.54) is 13.0 Å². The highest BCUT2D eigenvalue weighted by Crippen LogP contribution is 2.44. The molecule has 0 amide bonds. The Balaban J connectivity index is 1.29. The molecular formula is C22H40NO7+. The van der Waals surface area contributed by atoms with Gasteiger partial charge in [0.05, 0.1) is 39.5 Å². The molecule has 0 spiro atoms. The Hall–Kier alpha value is -0.320. The van der Waals surface area contributed by atoms with Crippen LogP contribution in [0.4, 0.5) is 0 Å². The minimum atomic E-state index is -0.694. The minimum Gasteiger partial charge on any atom is -0.378 e. The fraction of sp³-hybridized carbons (Fsp3) is 1.00. The van der Waals surface area contributed by atoms with Crippen LogP contribution in [0.1, 0.15) is 47.5 Å². The van der Waals surface area contributed by atoms with Crippen LogP contribution >= 0.6 is 0 Å². The van der Waals surface area contributed by atoms with E-state index in [0.717, 1.165) is 43.8 Å². The van der Waals surface area contributed by atoms with Crippen LogP contribution in [0.5, 0.6) is 0 Å². The smallest absolute Gasteiger partial charge is 0.190 e. The first-order valence-corrected chi connectivity index (χ1v) is 11.6.